The number of aryl methyl sites for hydroxylation is 1. The van der Waals surface area contributed by atoms with Crippen LogP contribution in [0.15, 0.2) is 107 Å². The predicted octanol–water partition coefficient (Wildman–Crippen LogP) is 4.06. The van der Waals surface area contributed by atoms with Gasteiger partial charge in [0.2, 0.25) is 0 Å². The zero-order valence-electron chi connectivity index (χ0n) is 19.9. The van der Waals surface area contributed by atoms with E-state index in [1.54, 1.807) is 6.92 Å². The van der Waals surface area contributed by atoms with E-state index in [-0.39, 0.29) is 11.7 Å². The van der Waals surface area contributed by atoms with E-state index in [2.05, 4.69) is 46.3 Å². The molecule has 1 aliphatic rings. The molecule has 0 saturated carbocycles. The Morgan fingerprint density at radius 3 is 1.77 bits per heavy atom. The molecular formula is C29H29N3O3. The van der Waals surface area contributed by atoms with Gasteiger partial charge in [-0.3, -0.25) is 9.69 Å². The van der Waals surface area contributed by atoms with Crippen LogP contribution in [0.4, 0.5) is 0 Å². The van der Waals surface area contributed by atoms with Gasteiger partial charge in [0, 0.05) is 24.8 Å². The summed E-state index contributed by atoms with van der Waals surface area (Å²) in [7, 11) is 0. The van der Waals surface area contributed by atoms with Crippen molar-refractivity contribution in [2.45, 2.75) is 31.7 Å². The number of ether oxygens (including phenoxy) is 1. The lowest BCUT2D eigenvalue weighted by Crippen LogP contribution is -2.58. The van der Waals surface area contributed by atoms with Crippen molar-refractivity contribution in [3.8, 4) is 0 Å². The number of H-pyrrole nitrogens is 1. The third kappa shape index (κ3) is 4.05. The summed E-state index contributed by atoms with van der Waals surface area (Å²) in [5.41, 5.74) is 2.34. The zero-order chi connectivity index (χ0) is 24.4. The second kappa shape index (κ2) is 9.49. The average Bonchev–Trinajstić information content (AvgIpc) is 2.89. The van der Waals surface area contributed by atoms with Crippen LogP contribution in [0.1, 0.15) is 35.4 Å². The number of aromatic nitrogens is 2. The summed E-state index contributed by atoms with van der Waals surface area (Å²) in [4.78, 5) is 30.8. The maximum Gasteiger partial charge on any atom is 0.330 e. The van der Waals surface area contributed by atoms with Crippen molar-refractivity contribution in [2.24, 2.45) is 0 Å². The molecule has 0 aliphatic carbocycles. The molecule has 1 fully saturated rings. The Bertz CT molecular complexity index is 1300. The van der Waals surface area contributed by atoms with Gasteiger partial charge in [0.15, 0.2) is 6.23 Å². The molecule has 0 amide bonds. The maximum atomic E-state index is 13.0. The smallest absolute Gasteiger partial charge is 0.330 e. The summed E-state index contributed by atoms with van der Waals surface area (Å²) >= 11 is 0. The first kappa shape index (κ1) is 23.0. The molecular weight excluding hydrogens is 438 g/mol. The van der Waals surface area contributed by atoms with E-state index in [9.17, 15) is 9.59 Å². The molecule has 6 nitrogen and oxygen atoms in total. The number of nitrogens with zero attached hydrogens (tertiary/aromatic N) is 2. The third-order valence-corrected chi connectivity index (χ3v) is 6.77. The first-order chi connectivity index (χ1) is 17.0. The fourth-order valence-corrected chi connectivity index (χ4v) is 5.27. The van der Waals surface area contributed by atoms with Crippen molar-refractivity contribution in [3.63, 3.8) is 0 Å². The highest BCUT2D eigenvalue weighted by Gasteiger charge is 2.46. The molecule has 2 atom stereocenters. The van der Waals surface area contributed by atoms with Crippen LogP contribution in [0.25, 0.3) is 0 Å². The van der Waals surface area contributed by atoms with Crippen LogP contribution in [0.3, 0.4) is 0 Å². The molecule has 178 valence electrons. The minimum absolute atomic E-state index is 0.212. The van der Waals surface area contributed by atoms with Gasteiger partial charge >= 0.3 is 5.69 Å². The second-order valence-electron chi connectivity index (χ2n) is 9.07. The van der Waals surface area contributed by atoms with Crippen LogP contribution < -0.4 is 11.2 Å². The average molecular weight is 468 g/mol. The lowest BCUT2D eigenvalue weighted by atomic mass is 9.75. The van der Waals surface area contributed by atoms with E-state index in [0.29, 0.717) is 18.7 Å². The number of nitrogens with one attached hydrogen (secondary N) is 1. The van der Waals surface area contributed by atoms with Gasteiger partial charge < -0.3 is 9.72 Å². The molecule has 0 unspecified atom stereocenters. The van der Waals surface area contributed by atoms with E-state index < -0.39 is 17.5 Å². The Balaban J connectivity index is 1.75. The zero-order valence-corrected chi connectivity index (χ0v) is 19.9. The highest BCUT2D eigenvalue weighted by atomic mass is 16.5. The quantitative estimate of drug-likeness (QED) is 0.450. The van der Waals surface area contributed by atoms with Crippen molar-refractivity contribution < 1.29 is 4.74 Å². The van der Waals surface area contributed by atoms with Crippen molar-refractivity contribution in [1.29, 1.82) is 0 Å². The highest BCUT2D eigenvalue weighted by Crippen LogP contribution is 2.44. The van der Waals surface area contributed by atoms with E-state index in [1.165, 1.54) is 10.8 Å². The molecule has 6 heteroatoms. The van der Waals surface area contributed by atoms with Gasteiger partial charge in [-0.2, -0.15) is 0 Å². The molecule has 0 spiro atoms. The number of rotatable bonds is 5. The maximum absolute atomic E-state index is 13.0. The lowest BCUT2D eigenvalue weighted by molar-refractivity contribution is -0.133. The summed E-state index contributed by atoms with van der Waals surface area (Å²) < 4.78 is 7.44. The Hall–Kier alpha value is -3.74. The summed E-state index contributed by atoms with van der Waals surface area (Å²) in [5, 5.41) is 0. The largest absolute Gasteiger partial charge is 0.352 e. The fraction of sp³-hybridized carbons (Fsp3) is 0.241. The van der Waals surface area contributed by atoms with Crippen LogP contribution in [0.5, 0.6) is 0 Å². The Kier molecular flexibility index (Phi) is 6.24. The SMILES string of the molecule is Cc1c[nH]c(=O)n([C@H]2CN(C(c3ccccc3)(c3ccccc3)c3ccccc3)C[C@H](C)O2)c1=O. The van der Waals surface area contributed by atoms with Crippen LogP contribution in [0.2, 0.25) is 0 Å². The van der Waals surface area contributed by atoms with Gasteiger partial charge in [-0.05, 0) is 30.5 Å². The van der Waals surface area contributed by atoms with Crippen molar-refractivity contribution >= 4 is 0 Å². The monoisotopic (exact) mass is 467 g/mol. The molecule has 1 aliphatic heterocycles. The minimum Gasteiger partial charge on any atom is -0.352 e. The Labute approximate surface area is 204 Å². The molecule has 1 saturated heterocycles. The topological polar surface area (TPSA) is 67.3 Å². The number of morpholine rings is 1. The molecule has 0 radical (unpaired) electrons. The predicted molar refractivity (Wildman–Crippen MR) is 136 cm³/mol. The van der Waals surface area contributed by atoms with Crippen LogP contribution in [-0.4, -0.2) is 33.6 Å². The molecule has 35 heavy (non-hydrogen) atoms. The van der Waals surface area contributed by atoms with Crippen LogP contribution >= 0.6 is 0 Å². The van der Waals surface area contributed by atoms with Gasteiger partial charge in [0.25, 0.3) is 5.56 Å². The first-order valence-electron chi connectivity index (χ1n) is 11.9. The number of hydrogen-bond acceptors (Lipinski definition) is 4. The van der Waals surface area contributed by atoms with E-state index in [1.807, 2.05) is 61.5 Å². The normalized spacial score (nSPS) is 18.9. The third-order valence-electron chi connectivity index (χ3n) is 6.77. The highest BCUT2D eigenvalue weighted by molar-refractivity contribution is 5.49. The van der Waals surface area contributed by atoms with Gasteiger partial charge in [-0.1, -0.05) is 91.0 Å². The van der Waals surface area contributed by atoms with E-state index in [0.717, 1.165) is 16.7 Å². The molecule has 1 N–H and O–H groups in total. The van der Waals surface area contributed by atoms with Gasteiger partial charge in [0.1, 0.15) is 0 Å². The first-order valence-corrected chi connectivity index (χ1v) is 11.9. The number of aromatic amines is 1. The van der Waals surface area contributed by atoms with Gasteiger partial charge in [0.05, 0.1) is 11.6 Å². The van der Waals surface area contributed by atoms with E-state index >= 15 is 0 Å². The molecule has 5 rings (SSSR count). The summed E-state index contributed by atoms with van der Waals surface area (Å²) in [6.07, 6.45) is 0.509. The lowest BCUT2D eigenvalue weighted by Gasteiger charge is -2.50. The summed E-state index contributed by atoms with van der Waals surface area (Å²) in [6.45, 7) is 4.66. The van der Waals surface area contributed by atoms with Crippen LogP contribution in [-0.2, 0) is 10.3 Å². The Morgan fingerprint density at radius 2 is 1.29 bits per heavy atom. The molecule has 4 aromatic rings. The molecule has 2 heterocycles. The number of hydrogen-bond donors (Lipinski definition) is 1. The molecule has 1 aromatic heterocycles. The van der Waals surface area contributed by atoms with Crippen molar-refractivity contribution in [1.82, 2.24) is 14.5 Å². The fourth-order valence-electron chi connectivity index (χ4n) is 5.27. The van der Waals surface area contributed by atoms with Crippen LogP contribution in [0, 0.1) is 6.92 Å². The van der Waals surface area contributed by atoms with E-state index in [4.69, 9.17) is 4.74 Å². The Morgan fingerprint density at radius 1 is 0.800 bits per heavy atom. The van der Waals surface area contributed by atoms with Crippen molar-refractivity contribution in [3.05, 3.63) is 140 Å². The van der Waals surface area contributed by atoms with Gasteiger partial charge in [-0.15, -0.1) is 0 Å². The second-order valence-corrected chi connectivity index (χ2v) is 9.07. The number of benzene rings is 3. The summed E-state index contributed by atoms with van der Waals surface area (Å²) in [5.74, 6) is 0. The molecule has 3 aromatic carbocycles. The summed E-state index contributed by atoms with van der Waals surface area (Å²) in [6, 6.07) is 31.2. The van der Waals surface area contributed by atoms with Crippen molar-refractivity contribution in [2.75, 3.05) is 13.1 Å². The standard InChI is InChI=1S/C29H29N3O3/c1-21-18-30-28(34)32(27(21)33)26-20-31(19-22(2)35-26)29(23-12-6-3-7-13-23,24-14-8-4-9-15-24)25-16-10-5-11-17-25/h3-18,22,26H,19-20H2,1-2H3,(H,30,34)/t22-,26+/m0/s1. The van der Waals surface area contributed by atoms with Gasteiger partial charge in [-0.25, -0.2) is 9.36 Å². The minimum atomic E-state index is -0.731. The molecule has 0 bridgehead atoms.